The molecule has 1 fully saturated rings. The zero-order valence-electron chi connectivity index (χ0n) is 8.92. The van der Waals surface area contributed by atoms with Crippen molar-refractivity contribution in [3.05, 3.63) is 18.1 Å². The molecule has 0 unspecified atom stereocenters. The highest BCUT2D eigenvalue weighted by molar-refractivity contribution is 5.84. The van der Waals surface area contributed by atoms with Crippen LogP contribution in [0.4, 0.5) is 5.82 Å². The van der Waals surface area contributed by atoms with Crippen molar-refractivity contribution >= 4 is 11.7 Å². The molecule has 16 heavy (non-hydrogen) atoms. The van der Waals surface area contributed by atoms with Crippen LogP contribution in [0.1, 0.15) is 12.6 Å². The molecule has 0 radical (unpaired) electrons. The van der Waals surface area contributed by atoms with Crippen molar-refractivity contribution in [3.8, 4) is 6.07 Å². The maximum absolute atomic E-state index is 11.5. The summed E-state index contributed by atoms with van der Waals surface area (Å²) >= 11 is 0. The lowest BCUT2D eigenvalue weighted by Crippen LogP contribution is -2.27. The van der Waals surface area contributed by atoms with Gasteiger partial charge in [-0.15, -0.1) is 0 Å². The van der Waals surface area contributed by atoms with E-state index in [1.807, 2.05) is 13.0 Å². The second-order valence-corrected chi connectivity index (χ2v) is 3.43. The summed E-state index contributed by atoms with van der Waals surface area (Å²) in [6.07, 6.45) is 2.99. The minimum absolute atomic E-state index is 0.0528. The summed E-state index contributed by atoms with van der Waals surface area (Å²) in [5.41, 5.74) is 0.258. The van der Waals surface area contributed by atoms with Gasteiger partial charge in [0.15, 0.2) is 11.5 Å². The lowest BCUT2D eigenvalue weighted by molar-refractivity contribution is -0.126. The predicted octanol–water partition coefficient (Wildman–Crippen LogP) is -0.0257. The minimum atomic E-state index is 0.0528. The summed E-state index contributed by atoms with van der Waals surface area (Å²) in [5, 5.41) is 8.89. The molecule has 1 amide bonds. The maximum atomic E-state index is 11.5. The van der Waals surface area contributed by atoms with Crippen molar-refractivity contribution in [2.75, 3.05) is 24.7 Å². The highest BCUT2D eigenvalue weighted by atomic mass is 16.2. The molecule has 0 atom stereocenters. The Hall–Kier alpha value is -2.16. The normalized spacial score (nSPS) is 15.4. The second kappa shape index (κ2) is 4.14. The number of rotatable bonds is 2. The van der Waals surface area contributed by atoms with Gasteiger partial charge < -0.3 is 9.80 Å². The Morgan fingerprint density at radius 2 is 2.25 bits per heavy atom. The molecule has 0 bridgehead atoms. The van der Waals surface area contributed by atoms with E-state index in [-0.39, 0.29) is 18.1 Å². The van der Waals surface area contributed by atoms with Crippen LogP contribution in [-0.2, 0) is 4.79 Å². The number of anilines is 1. The van der Waals surface area contributed by atoms with Gasteiger partial charge >= 0.3 is 0 Å². The van der Waals surface area contributed by atoms with Gasteiger partial charge in [0, 0.05) is 18.9 Å². The highest BCUT2D eigenvalue weighted by Crippen LogP contribution is 2.18. The zero-order valence-corrected chi connectivity index (χ0v) is 8.92. The first kappa shape index (κ1) is 10.4. The lowest BCUT2D eigenvalue weighted by atomic mass is 10.4. The molecule has 0 saturated carbocycles. The number of aromatic nitrogens is 2. The SMILES string of the molecule is CCN1CN(c2nccnc2C#N)CC1=O. The van der Waals surface area contributed by atoms with E-state index in [2.05, 4.69) is 9.97 Å². The summed E-state index contributed by atoms with van der Waals surface area (Å²) in [6, 6.07) is 1.98. The Morgan fingerprint density at radius 1 is 1.50 bits per heavy atom. The second-order valence-electron chi connectivity index (χ2n) is 3.43. The maximum Gasteiger partial charge on any atom is 0.243 e. The predicted molar refractivity (Wildman–Crippen MR) is 56.3 cm³/mol. The van der Waals surface area contributed by atoms with Crippen molar-refractivity contribution in [1.29, 1.82) is 5.26 Å². The Labute approximate surface area is 93.1 Å². The van der Waals surface area contributed by atoms with Gasteiger partial charge in [0.1, 0.15) is 12.6 Å². The van der Waals surface area contributed by atoms with Crippen LogP contribution < -0.4 is 4.90 Å². The monoisotopic (exact) mass is 217 g/mol. The van der Waals surface area contributed by atoms with Crippen molar-refractivity contribution in [1.82, 2.24) is 14.9 Å². The number of nitrogens with zero attached hydrogens (tertiary/aromatic N) is 5. The third-order valence-corrected chi connectivity index (χ3v) is 2.49. The number of amides is 1. The van der Waals surface area contributed by atoms with E-state index >= 15 is 0 Å². The minimum Gasteiger partial charge on any atom is -0.327 e. The fraction of sp³-hybridized carbons (Fsp3) is 0.400. The van der Waals surface area contributed by atoms with Gasteiger partial charge in [-0.3, -0.25) is 4.79 Å². The van der Waals surface area contributed by atoms with Gasteiger partial charge in [0.05, 0.1) is 6.67 Å². The van der Waals surface area contributed by atoms with Gasteiger partial charge in [0.2, 0.25) is 5.91 Å². The molecular weight excluding hydrogens is 206 g/mol. The van der Waals surface area contributed by atoms with E-state index in [1.54, 1.807) is 9.80 Å². The van der Waals surface area contributed by atoms with Crippen LogP contribution in [0.25, 0.3) is 0 Å². The van der Waals surface area contributed by atoms with E-state index < -0.39 is 0 Å². The number of carbonyl (C=O) groups is 1. The van der Waals surface area contributed by atoms with Crippen molar-refractivity contribution in [2.45, 2.75) is 6.92 Å². The van der Waals surface area contributed by atoms with Crippen molar-refractivity contribution in [3.63, 3.8) is 0 Å². The van der Waals surface area contributed by atoms with Gasteiger partial charge in [-0.2, -0.15) is 5.26 Å². The summed E-state index contributed by atoms with van der Waals surface area (Å²) in [6.45, 7) is 3.32. The van der Waals surface area contributed by atoms with Gasteiger partial charge in [-0.25, -0.2) is 9.97 Å². The van der Waals surface area contributed by atoms with E-state index in [4.69, 9.17) is 5.26 Å². The number of carbonyl (C=O) groups excluding carboxylic acids is 1. The summed E-state index contributed by atoms with van der Waals surface area (Å²) in [5.74, 6) is 0.534. The zero-order chi connectivity index (χ0) is 11.5. The molecule has 2 heterocycles. The van der Waals surface area contributed by atoms with Gasteiger partial charge in [-0.05, 0) is 6.92 Å². The average Bonchev–Trinajstić information content (AvgIpc) is 2.70. The molecule has 2 rings (SSSR count). The van der Waals surface area contributed by atoms with Gasteiger partial charge in [-0.1, -0.05) is 0 Å². The van der Waals surface area contributed by atoms with E-state index in [0.29, 0.717) is 19.0 Å². The highest BCUT2D eigenvalue weighted by Gasteiger charge is 2.28. The molecule has 1 saturated heterocycles. The summed E-state index contributed by atoms with van der Waals surface area (Å²) in [4.78, 5) is 23.0. The first-order valence-corrected chi connectivity index (χ1v) is 5.00. The summed E-state index contributed by atoms with van der Waals surface area (Å²) < 4.78 is 0. The quantitative estimate of drug-likeness (QED) is 0.695. The molecule has 1 aliphatic heterocycles. The Morgan fingerprint density at radius 3 is 2.88 bits per heavy atom. The number of hydrogen-bond donors (Lipinski definition) is 0. The molecule has 0 aliphatic carbocycles. The average molecular weight is 217 g/mol. The molecule has 82 valence electrons. The van der Waals surface area contributed by atoms with Crippen LogP contribution in [0.15, 0.2) is 12.4 Å². The first-order chi connectivity index (χ1) is 7.76. The molecule has 0 N–H and O–H groups in total. The van der Waals surface area contributed by atoms with Crippen LogP contribution in [0, 0.1) is 11.3 Å². The van der Waals surface area contributed by atoms with Crippen LogP contribution in [-0.4, -0.2) is 40.5 Å². The molecular formula is C10H11N5O. The smallest absolute Gasteiger partial charge is 0.243 e. The third-order valence-electron chi connectivity index (χ3n) is 2.49. The third kappa shape index (κ3) is 1.67. The van der Waals surface area contributed by atoms with E-state index in [1.165, 1.54) is 12.4 Å². The summed E-state index contributed by atoms with van der Waals surface area (Å²) in [7, 11) is 0. The van der Waals surface area contributed by atoms with Crippen LogP contribution in [0.3, 0.4) is 0 Å². The topological polar surface area (TPSA) is 73.1 Å². The number of likely N-dealkylation sites (N-methyl/N-ethyl adjacent to an activating group) is 1. The molecule has 1 aromatic rings. The number of hydrogen-bond acceptors (Lipinski definition) is 5. The molecule has 0 aromatic carbocycles. The molecule has 6 heteroatoms. The van der Waals surface area contributed by atoms with E-state index in [0.717, 1.165) is 0 Å². The van der Waals surface area contributed by atoms with E-state index in [9.17, 15) is 4.79 Å². The molecule has 1 aromatic heterocycles. The molecule has 6 nitrogen and oxygen atoms in total. The van der Waals surface area contributed by atoms with Crippen LogP contribution >= 0.6 is 0 Å². The lowest BCUT2D eigenvalue weighted by Gasteiger charge is -2.17. The fourth-order valence-electron chi connectivity index (χ4n) is 1.66. The van der Waals surface area contributed by atoms with Crippen molar-refractivity contribution in [2.24, 2.45) is 0 Å². The molecule has 0 spiro atoms. The van der Waals surface area contributed by atoms with Crippen LogP contribution in [0.5, 0.6) is 0 Å². The fourth-order valence-corrected chi connectivity index (χ4v) is 1.66. The Balaban J connectivity index is 2.27. The Kier molecular flexibility index (Phi) is 2.68. The van der Waals surface area contributed by atoms with Crippen LogP contribution in [0.2, 0.25) is 0 Å². The van der Waals surface area contributed by atoms with Gasteiger partial charge in [0.25, 0.3) is 0 Å². The standard InChI is InChI=1S/C10H11N5O/c1-2-14-7-15(6-9(14)16)10-8(5-11)12-3-4-13-10/h3-4H,2,6-7H2,1H3. The van der Waals surface area contributed by atoms with Crippen molar-refractivity contribution < 1.29 is 4.79 Å². The Bertz CT molecular complexity index is 453. The first-order valence-electron chi connectivity index (χ1n) is 5.00. The number of nitriles is 1. The molecule has 1 aliphatic rings. The largest absolute Gasteiger partial charge is 0.327 e.